The van der Waals surface area contributed by atoms with Gasteiger partial charge in [-0.25, -0.2) is 0 Å². The van der Waals surface area contributed by atoms with Crippen molar-refractivity contribution in [2.75, 3.05) is 17.7 Å². The number of rotatable bonds is 7. The summed E-state index contributed by atoms with van der Waals surface area (Å²) >= 11 is 6.53. The third kappa shape index (κ3) is 6.30. The molecule has 1 aliphatic heterocycles. The highest BCUT2D eigenvalue weighted by Crippen LogP contribution is 2.25. The minimum absolute atomic E-state index is 0.100. The van der Waals surface area contributed by atoms with Crippen LogP contribution in [-0.2, 0) is 23.1 Å². The van der Waals surface area contributed by atoms with Gasteiger partial charge in [0.15, 0.2) is 16.1 Å². The number of hydrazine groups is 1. The molecule has 12 heteroatoms. The number of aryl methyl sites for hydroxylation is 2. The van der Waals surface area contributed by atoms with Gasteiger partial charge in [0, 0.05) is 25.5 Å². The van der Waals surface area contributed by atoms with E-state index in [-0.39, 0.29) is 17.8 Å². The van der Waals surface area contributed by atoms with E-state index in [1.165, 1.54) is 11.8 Å². The van der Waals surface area contributed by atoms with Crippen LogP contribution in [0.5, 0.6) is 0 Å². The summed E-state index contributed by atoms with van der Waals surface area (Å²) in [5.74, 6) is 0.571. The molecule has 174 valence electrons. The molecule has 1 saturated heterocycles. The first-order chi connectivity index (χ1) is 16.0. The third-order valence-electron chi connectivity index (χ3n) is 5.03. The van der Waals surface area contributed by atoms with Crippen molar-refractivity contribution in [3.63, 3.8) is 0 Å². The molecule has 2 aromatic heterocycles. The second-order valence-corrected chi connectivity index (χ2v) is 9.06. The van der Waals surface area contributed by atoms with Crippen molar-refractivity contribution >= 4 is 40.7 Å². The molecule has 1 fully saturated rings. The zero-order valence-corrected chi connectivity index (χ0v) is 20.1. The molecule has 1 aliphatic rings. The predicted molar refractivity (Wildman–Crippen MR) is 131 cm³/mol. The summed E-state index contributed by atoms with van der Waals surface area (Å²) in [4.78, 5) is 12.4. The Bertz CT molecular complexity index is 1110. The van der Waals surface area contributed by atoms with Crippen LogP contribution in [0.4, 0.5) is 5.69 Å². The van der Waals surface area contributed by atoms with E-state index in [1.54, 1.807) is 4.68 Å². The minimum Gasteiger partial charge on any atom is -0.376 e. The molecule has 3 N–H and O–H groups in total. The molecule has 0 aliphatic carbocycles. The van der Waals surface area contributed by atoms with Gasteiger partial charge in [-0.15, -0.1) is 10.2 Å². The summed E-state index contributed by atoms with van der Waals surface area (Å²) < 4.78 is 9.50. The molecule has 1 amide bonds. The van der Waals surface area contributed by atoms with Crippen LogP contribution in [0, 0.1) is 6.92 Å². The lowest BCUT2D eigenvalue weighted by Crippen LogP contribution is -2.44. The molecular weight excluding hydrogens is 460 g/mol. The van der Waals surface area contributed by atoms with E-state index in [9.17, 15) is 4.79 Å². The first-order valence-corrected chi connectivity index (χ1v) is 12.0. The number of benzene rings is 1. The van der Waals surface area contributed by atoms with Crippen LogP contribution in [0.2, 0.25) is 0 Å². The Morgan fingerprint density at radius 3 is 2.76 bits per heavy atom. The van der Waals surface area contributed by atoms with Crippen LogP contribution in [0.3, 0.4) is 0 Å². The number of nitrogens with zero attached hydrogens (tertiary/aromatic N) is 5. The number of thiocarbonyl (C=S) groups is 1. The number of aromatic nitrogens is 5. The van der Waals surface area contributed by atoms with Crippen molar-refractivity contribution in [3.05, 3.63) is 42.1 Å². The summed E-state index contributed by atoms with van der Waals surface area (Å²) in [5, 5.41) is 17.0. The Kier molecular flexibility index (Phi) is 7.57. The standard InChI is InChI=1S/C21H26N8O2S2/c1-14-5-7-15(8-6-14)22-20(32)25-23-18(30)13-33-21-26-24-19(17-9-10-28(2)27-17)29(21)12-16-4-3-11-31-16/h5-10,16H,3-4,11-13H2,1-2H3,(H,23,30)(H2,22,25,32). The van der Waals surface area contributed by atoms with Crippen LogP contribution in [-0.4, -0.2) is 54.0 Å². The number of nitrogens with one attached hydrogen (secondary N) is 3. The fourth-order valence-corrected chi connectivity index (χ4v) is 4.28. The Morgan fingerprint density at radius 2 is 2.06 bits per heavy atom. The number of anilines is 1. The van der Waals surface area contributed by atoms with Gasteiger partial charge in [-0.3, -0.25) is 24.9 Å². The van der Waals surface area contributed by atoms with E-state index < -0.39 is 0 Å². The zero-order valence-electron chi connectivity index (χ0n) is 18.4. The normalized spacial score (nSPS) is 15.4. The number of hydrogen-bond donors (Lipinski definition) is 3. The lowest BCUT2D eigenvalue weighted by Gasteiger charge is -2.14. The maximum Gasteiger partial charge on any atom is 0.248 e. The van der Waals surface area contributed by atoms with Crippen molar-refractivity contribution < 1.29 is 9.53 Å². The SMILES string of the molecule is Cc1ccc(NC(=S)NNC(=O)CSc2nnc(-c3ccn(C)n3)n2CC2CCCO2)cc1. The van der Waals surface area contributed by atoms with Crippen molar-refractivity contribution in [1.82, 2.24) is 35.4 Å². The molecule has 1 unspecified atom stereocenters. The van der Waals surface area contributed by atoms with Gasteiger partial charge in [0.05, 0.1) is 18.4 Å². The van der Waals surface area contributed by atoms with E-state index in [1.807, 2.05) is 55.1 Å². The van der Waals surface area contributed by atoms with Crippen molar-refractivity contribution in [1.29, 1.82) is 0 Å². The fourth-order valence-electron chi connectivity index (χ4n) is 3.37. The number of thioether (sulfide) groups is 1. The molecule has 10 nitrogen and oxygen atoms in total. The predicted octanol–water partition coefficient (Wildman–Crippen LogP) is 2.28. The molecule has 0 saturated carbocycles. The maximum absolute atomic E-state index is 12.4. The van der Waals surface area contributed by atoms with Gasteiger partial charge in [-0.1, -0.05) is 29.5 Å². The van der Waals surface area contributed by atoms with Crippen LogP contribution < -0.4 is 16.2 Å². The molecule has 3 heterocycles. The first kappa shape index (κ1) is 23.2. The molecule has 0 bridgehead atoms. The van der Waals surface area contributed by atoms with Gasteiger partial charge in [0.25, 0.3) is 0 Å². The van der Waals surface area contributed by atoms with E-state index in [0.29, 0.717) is 22.6 Å². The summed E-state index contributed by atoms with van der Waals surface area (Å²) in [5.41, 5.74) is 8.05. The average Bonchev–Trinajstić information content (AvgIpc) is 3.55. The lowest BCUT2D eigenvalue weighted by molar-refractivity contribution is -0.119. The highest BCUT2D eigenvalue weighted by molar-refractivity contribution is 7.99. The molecule has 3 aromatic rings. The average molecular weight is 487 g/mol. The Labute approximate surface area is 201 Å². The summed E-state index contributed by atoms with van der Waals surface area (Å²) in [6, 6.07) is 9.68. The molecule has 0 radical (unpaired) electrons. The summed E-state index contributed by atoms with van der Waals surface area (Å²) in [7, 11) is 1.86. The van der Waals surface area contributed by atoms with Crippen LogP contribution >= 0.6 is 24.0 Å². The molecular formula is C21H26N8O2S2. The van der Waals surface area contributed by atoms with Gasteiger partial charge in [-0.2, -0.15) is 5.10 Å². The van der Waals surface area contributed by atoms with E-state index >= 15 is 0 Å². The quantitative estimate of drug-likeness (QED) is 0.263. The third-order valence-corrected chi connectivity index (χ3v) is 6.20. The van der Waals surface area contributed by atoms with Gasteiger partial charge >= 0.3 is 0 Å². The number of hydrogen-bond acceptors (Lipinski definition) is 7. The lowest BCUT2D eigenvalue weighted by atomic mass is 10.2. The largest absolute Gasteiger partial charge is 0.376 e. The van der Waals surface area contributed by atoms with Crippen LogP contribution in [0.1, 0.15) is 18.4 Å². The topological polar surface area (TPSA) is 111 Å². The fraction of sp³-hybridized carbons (Fsp3) is 0.381. The monoisotopic (exact) mass is 486 g/mol. The van der Waals surface area contributed by atoms with Crippen molar-refractivity contribution in [2.45, 2.75) is 37.6 Å². The molecule has 0 spiro atoms. The van der Waals surface area contributed by atoms with Gasteiger partial charge in [-0.05, 0) is 50.2 Å². The Morgan fingerprint density at radius 1 is 1.24 bits per heavy atom. The second kappa shape index (κ2) is 10.8. The summed E-state index contributed by atoms with van der Waals surface area (Å²) in [6.07, 6.45) is 3.99. The van der Waals surface area contributed by atoms with Crippen LogP contribution in [0.25, 0.3) is 11.5 Å². The van der Waals surface area contributed by atoms with Gasteiger partial charge in [0.2, 0.25) is 5.91 Å². The maximum atomic E-state index is 12.4. The Hall–Kier alpha value is -2.96. The molecule has 33 heavy (non-hydrogen) atoms. The second-order valence-electron chi connectivity index (χ2n) is 7.71. The van der Waals surface area contributed by atoms with Crippen molar-refractivity contribution in [2.24, 2.45) is 7.05 Å². The molecule has 1 aromatic carbocycles. The van der Waals surface area contributed by atoms with Gasteiger partial charge in [0.1, 0.15) is 5.69 Å². The van der Waals surface area contributed by atoms with Crippen LogP contribution in [0.15, 0.2) is 41.7 Å². The van der Waals surface area contributed by atoms with E-state index in [4.69, 9.17) is 17.0 Å². The van der Waals surface area contributed by atoms with Crippen molar-refractivity contribution in [3.8, 4) is 11.5 Å². The minimum atomic E-state index is -0.237. The number of carbonyl (C=O) groups is 1. The molecule has 4 rings (SSSR count). The molecule has 1 atom stereocenters. The summed E-state index contributed by atoms with van der Waals surface area (Å²) in [6.45, 7) is 3.39. The smallest absolute Gasteiger partial charge is 0.248 e. The number of carbonyl (C=O) groups excluding carboxylic acids is 1. The number of ether oxygens (including phenoxy) is 1. The van der Waals surface area contributed by atoms with E-state index in [0.717, 1.165) is 36.4 Å². The Balaban J connectivity index is 1.34. The first-order valence-electron chi connectivity index (χ1n) is 10.6. The number of amides is 1. The van der Waals surface area contributed by atoms with Gasteiger partial charge < -0.3 is 10.1 Å². The van der Waals surface area contributed by atoms with E-state index in [2.05, 4.69) is 31.5 Å². The highest BCUT2D eigenvalue weighted by Gasteiger charge is 2.23. The highest BCUT2D eigenvalue weighted by atomic mass is 32.2. The zero-order chi connectivity index (χ0) is 23.2.